The Balaban J connectivity index is 2.33. The van der Waals surface area contributed by atoms with Crippen molar-refractivity contribution in [1.29, 1.82) is 0 Å². The summed E-state index contributed by atoms with van der Waals surface area (Å²) in [5.41, 5.74) is 0. The summed E-state index contributed by atoms with van der Waals surface area (Å²) in [6.07, 6.45) is 5.27. The molecule has 0 radical (unpaired) electrons. The molecule has 2 N–H and O–H groups in total. The topological polar surface area (TPSA) is 49.3 Å². The number of ketones is 1. The maximum Gasteiger partial charge on any atom is 0.136 e. The van der Waals surface area contributed by atoms with Crippen LogP contribution >= 0.6 is 0 Å². The van der Waals surface area contributed by atoms with E-state index >= 15 is 0 Å². The van der Waals surface area contributed by atoms with E-state index in [9.17, 15) is 4.79 Å². The first-order valence-corrected chi connectivity index (χ1v) is 5.64. The quantitative estimate of drug-likeness (QED) is 0.700. The van der Waals surface area contributed by atoms with Gasteiger partial charge in [0.25, 0.3) is 0 Å². The largest absolute Gasteiger partial charge is 0.396 e. The molecule has 0 aromatic heterocycles. The number of Topliss-reactive ketones (excluding diaryl/α,β-unsaturated/α-hetero) is 1. The van der Waals surface area contributed by atoms with Crippen LogP contribution in [0.1, 0.15) is 45.4 Å². The highest BCUT2D eigenvalue weighted by Crippen LogP contribution is 2.16. The van der Waals surface area contributed by atoms with Crippen LogP contribution in [0.2, 0.25) is 0 Å². The number of carbonyl (C=O) groups excluding carboxylic acids is 1. The third kappa shape index (κ3) is 3.76. The van der Waals surface area contributed by atoms with Crippen molar-refractivity contribution in [3.05, 3.63) is 0 Å². The average Bonchev–Trinajstić information content (AvgIpc) is 2.14. The number of piperidine rings is 1. The lowest BCUT2D eigenvalue weighted by Gasteiger charge is -2.30. The molecule has 0 bridgehead atoms. The van der Waals surface area contributed by atoms with Crippen molar-refractivity contribution in [2.75, 3.05) is 6.61 Å². The summed E-state index contributed by atoms with van der Waals surface area (Å²) >= 11 is 0. The van der Waals surface area contributed by atoms with Crippen LogP contribution in [0.25, 0.3) is 0 Å². The van der Waals surface area contributed by atoms with Gasteiger partial charge in [0.2, 0.25) is 0 Å². The fraction of sp³-hybridized carbons (Fsp3) is 0.909. The zero-order valence-corrected chi connectivity index (χ0v) is 8.96. The van der Waals surface area contributed by atoms with E-state index in [-0.39, 0.29) is 6.61 Å². The number of carbonyl (C=O) groups is 1. The molecule has 1 aliphatic rings. The highest BCUT2D eigenvalue weighted by molar-refractivity contribution is 5.80. The molecular formula is C11H21NO2. The summed E-state index contributed by atoms with van der Waals surface area (Å²) in [6.45, 7) is 2.37. The van der Waals surface area contributed by atoms with E-state index in [1.54, 1.807) is 0 Å². The predicted molar refractivity (Wildman–Crippen MR) is 56.2 cm³/mol. The van der Waals surface area contributed by atoms with Gasteiger partial charge < -0.3 is 10.4 Å². The summed E-state index contributed by atoms with van der Waals surface area (Å²) in [4.78, 5) is 11.4. The number of aliphatic hydroxyl groups is 1. The molecule has 0 unspecified atom stereocenters. The first-order chi connectivity index (χ1) is 6.76. The first-order valence-electron chi connectivity index (χ1n) is 5.64. The molecule has 3 heteroatoms. The van der Waals surface area contributed by atoms with E-state index in [2.05, 4.69) is 12.2 Å². The van der Waals surface area contributed by atoms with E-state index in [4.69, 9.17) is 5.11 Å². The predicted octanol–water partition coefficient (Wildman–Crippen LogP) is 1.25. The van der Waals surface area contributed by atoms with Gasteiger partial charge in [-0.05, 0) is 19.3 Å². The minimum absolute atomic E-state index is 0.227. The highest BCUT2D eigenvalue weighted by Gasteiger charge is 2.25. The molecule has 14 heavy (non-hydrogen) atoms. The maximum absolute atomic E-state index is 11.4. The third-order valence-corrected chi connectivity index (χ3v) is 2.77. The average molecular weight is 199 g/mol. The lowest BCUT2D eigenvalue weighted by atomic mass is 9.92. The second-order valence-electron chi connectivity index (χ2n) is 4.16. The van der Waals surface area contributed by atoms with Crippen LogP contribution in [-0.2, 0) is 4.79 Å². The second-order valence-corrected chi connectivity index (χ2v) is 4.16. The number of hydrogen-bond donors (Lipinski definition) is 2. The van der Waals surface area contributed by atoms with Crippen molar-refractivity contribution in [1.82, 2.24) is 5.32 Å². The van der Waals surface area contributed by atoms with Gasteiger partial charge >= 0.3 is 0 Å². The van der Waals surface area contributed by atoms with Crippen LogP contribution in [-0.4, -0.2) is 29.6 Å². The van der Waals surface area contributed by atoms with Crippen molar-refractivity contribution in [3.63, 3.8) is 0 Å². The number of hydrogen-bond acceptors (Lipinski definition) is 3. The Labute approximate surface area is 85.9 Å². The minimum Gasteiger partial charge on any atom is -0.396 e. The number of nitrogens with one attached hydrogen (secondary N) is 1. The molecule has 1 rings (SSSR count). The fourth-order valence-corrected chi connectivity index (χ4v) is 2.14. The van der Waals surface area contributed by atoms with Gasteiger partial charge in [0.05, 0.1) is 0 Å². The van der Waals surface area contributed by atoms with Gasteiger partial charge in [-0.2, -0.15) is 0 Å². The monoisotopic (exact) mass is 199 g/mol. The van der Waals surface area contributed by atoms with Crippen LogP contribution in [0.15, 0.2) is 0 Å². The van der Waals surface area contributed by atoms with Crippen LogP contribution < -0.4 is 5.32 Å². The normalized spacial score (nSPS) is 28.0. The second kappa shape index (κ2) is 6.14. The molecular weight excluding hydrogens is 178 g/mol. The zero-order chi connectivity index (χ0) is 10.4. The zero-order valence-electron chi connectivity index (χ0n) is 8.96. The molecule has 1 saturated heterocycles. The smallest absolute Gasteiger partial charge is 0.136 e. The number of aliphatic hydroxyl groups excluding tert-OH is 1. The summed E-state index contributed by atoms with van der Waals surface area (Å²) in [6, 6.07) is 0.685. The molecule has 0 amide bonds. The molecule has 0 saturated carbocycles. The van der Waals surface area contributed by atoms with Gasteiger partial charge in [-0.3, -0.25) is 4.79 Å². The Bertz CT molecular complexity index is 182. The van der Waals surface area contributed by atoms with Crippen molar-refractivity contribution in [2.24, 2.45) is 0 Å². The van der Waals surface area contributed by atoms with Crippen LogP contribution in [0, 0.1) is 0 Å². The van der Waals surface area contributed by atoms with E-state index in [1.807, 2.05) is 0 Å². The van der Waals surface area contributed by atoms with Crippen molar-refractivity contribution in [3.8, 4) is 0 Å². The molecule has 82 valence electrons. The fourth-order valence-electron chi connectivity index (χ4n) is 2.14. The Morgan fingerprint density at radius 3 is 2.57 bits per heavy atom. The Morgan fingerprint density at radius 2 is 2.00 bits per heavy atom. The summed E-state index contributed by atoms with van der Waals surface area (Å²) in [5, 5.41) is 12.2. The van der Waals surface area contributed by atoms with E-state index in [0.717, 1.165) is 25.7 Å². The minimum atomic E-state index is 0.227. The Morgan fingerprint density at radius 1 is 1.36 bits per heavy atom. The van der Waals surface area contributed by atoms with Gasteiger partial charge in [-0.25, -0.2) is 0 Å². The van der Waals surface area contributed by atoms with Crippen LogP contribution in [0.5, 0.6) is 0 Å². The molecule has 1 aliphatic heterocycles. The Hall–Kier alpha value is -0.410. The lowest BCUT2D eigenvalue weighted by Crippen LogP contribution is -2.45. The molecule has 1 fully saturated rings. The van der Waals surface area contributed by atoms with Gasteiger partial charge in [0, 0.05) is 31.5 Å². The van der Waals surface area contributed by atoms with Gasteiger partial charge in [-0.15, -0.1) is 0 Å². The van der Waals surface area contributed by atoms with Gasteiger partial charge in [0.1, 0.15) is 5.78 Å². The molecule has 0 spiro atoms. The van der Waals surface area contributed by atoms with Gasteiger partial charge in [-0.1, -0.05) is 13.3 Å². The van der Waals surface area contributed by atoms with E-state index in [0.29, 0.717) is 30.7 Å². The number of rotatable bonds is 5. The van der Waals surface area contributed by atoms with E-state index < -0.39 is 0 Å². The highest BCUT2D eigenvalue weighted by atomic mass is 16.2. The van der Waals surface area contributed by atoms with Crippen LogP contribution in [0.4, 0.5) is 0 Å². The van der Waals surface area contributed by atoms with Crippen molar-refractivity contribution < 1.29 is 9.90 Å². The molecule has 2 atom stereocenters. The van der Waals surface area contributed by atoms with Crippen LogP contribution in [0.3, 0.4) is 0 Å². The SMILES string of the molecule is CCC[C@@H]1CC(=O)C[C@H](CCCO)N1. The van der Waals surface area contributed by atoms with Gasteiger partial charge in [0.15, 0.2) is 0 Å². The first kappa shape index (κ1) is 11.7. The lowest BCUT2D eigenvalue weighted by molar-refractivity contribution is -0.121. The Kier molecular flexibility index (Phi) is 5.12. The molecule has 3 nitrogen and oxygen atoms in total. The van der Waals surface area contributed by atoms with Crippen molar-refractivity contribution in [2.45, 2.75) is 57.5 Å². The molecule has 0 aromatic rings. The summed E-state index contributed by atoms with van der Waals surface area (Å²) < 4.78 is 0. The molecule has 0 aliphatic carbocycles. The molecule has 0 aromatic carbocycles. The third-order valence-electron chi connectivity index (χ3n) is 2.77. The van der Waals surface area contributed by atoms with Crippen molar-refractivity contribution >= 4 is 5.78 Å². The standard InChI is InChI=1S/C11H21NO2/c1-2-4-9-7-11(14)8-10(12-9)5-3-6-13/h9-10,12-13H,2-8H2,1H3/t9-,10+/m1/s1. The summed E-state index contributed by atoms with van der Waals surface area (Å²) in [5.74, 6) is 0.380. The maximum atomic E-state index is 11.4. The summed E-state index contributed by atoms with van der Waals surface area (Å²) in [7, 11) is 0. The van der Waals surface area contributed by atoms with E-state index in [1.165, 1.54) is 0 Å². The molecule has 1 heterocycles.